The van der Waals surface area contributed by atoms with Crippen LogP contribution in [0.15, 0.2) is 48.8 Å². The molecule has 0 saturated carbocycles. The third-order valence-electron chi connectivity index (χ3n) is 2.00. The summed E-state index contributed by atoms with van der Waals surface area (Å²) in [5.74, 6) is 1.27. The molecule has 0 spiro atoms. The van der Waals surface area contributed by atoms with Gasteiger partial charge in [0, 0.05) is 6.07 Å². The first-order chi connectivity index (χ1) is 7.24. The average molecular weight is 201 g/mol. The number of nitrogens with zero attached hydrogens (tertiary/aromatic N) is 1. The summed E-state index contributed by atoms with van der Waals surface area (Å²) in [4.78, 5) is 0. The third kappa shape index (κ3) is 2.47. The van der Waals surface area contributed by atoms with E-state index in [0.29, 0.717) is 10.5 Å². The molecule has 1 aromatic carbocycles. The van der Waals surface area contributed by atoms with E-state index in [1.807, 2.05) is 31.2 Å². The topological polar surface area (TPSA) is 36.2 Å². The molecule has 0 amide bonds. The van der Waals surface area contributed by atoms with Crippen molar-refractivity contribution in [2.75, 3.05) is 0 Å². The van der Waals surface area contributed by atoms with Gasteiger partial charge in [0.15, 0.2) is 11.9 Å². The van der Waals surface area contributed by atoms with Crippen LogP contribution in [0.4, 0.5) is 0 Å². The Bertz CT molecular complexity index is 451. The second-order valence-electron chi connectivity index (χ2n) is 3.31. The number of pyridine rings is 1. The molecule has 3 heteroatoms. The van der Waals surface area contributed by atoms with Crippen molar-refractivity contribution in [2.45, 2.75) is 6.92 Å². The standard InChI is InChI=1S/C12H11NO2/c1-10-4-6-11(7-5-10)15-12-3-2-8-13(14)9-12/h2-9H,1H3. The van der Waals surface area contributed by atoms with Crippen LogP contribution in [0, 0.1) is 12.1 Å². The van der Waals surface area contributed by atoms with Crippen molar-refractivity contribution in [3.05, 3.63) is 59.6 Å². The number of hydrogen-bond acceptors (Lipinski definition) is 2. The van der Waals surface area contributed by atoms with E-state index in [4.69, 9.17) is 4.74 Å². The maximum atomic E-state index is 11.0. The molecular weight excluding hydrogens is 190 g/mol. The van der Waals surface area contributed by atoms with Crippen LogP contribution in [0.3, 0.4) is 0 Å². The Balaban J connectivity index is 2.18. The zero-order valence-electron chi connectivity index (χ0n) is 8.38. The van der Waals surface area contributed by atoms with E-state index in [2.05, 4.69) is 0 Å². The lowest BCUT2D eigenvalue weighted by Crippen LogP contribution is -2.23. The van der Waals surface area contributed by atoms with E-state index < -0.39 is 0 Å². The predicted molar refractivity (Wildman–Crippen MR) is 56.7 cm³/mol. The van der Waals surface area contributed by atoms with Crippen molar-refractivity contribution in [3.63, 3.8) is 0 Å². The third-order valence-corrected chi connectivity index (χ3v) is 2.00. The van der Waals surface area contributed by atoms with Crippen LogP contribution in [0.1, 0.15) is 5.56 Å². The second-order valence-corrected chi connectivity index (χ2v) is 3.31. The Morgan fingerprint density at radius 3 is 2.47 bits per heavy atom. The van der Waals surface area contributed by atoms with Crippen molar-refractivity contribution >= 4 is 0 Å². The highest BCUT2D eigenvalue weighted by Crippen LogP contribution is 2.19. The lowest BCUT2D eigenvalue weighted by atomic mass is 10.2. The number of aromatic nitrogens is 1. The van der Waals surface area contributed by atoms with Gasteiger partial charge in [0.25, 0.3) is 0 Å². The van der Waals surface area contributed by atoms with Crippen molar-refractivity contribution in [1.82, 2.24) is 0 Å². The van der Waals surface area contributed by atoms with Crippen LogP contribution >= 0.6 is 0 Å². The summed E-state index contributed by atoms with van der Waals surface area (Å²) in [6, 6.07) is 11.1. The highest BCUT2D eigenvalue weighted by Gasteiger charge is 1.99. The fourth-order valence-corrected chi connectivity index (χ4v) is 1.24. The van der Waals surface area contributed by atoms with Gasteiger partial charge in [-0.05, 0) is 25.1 Å². The van der Waals surface area contributed by atoms with E-state index in [9.17, 15) is 5.21 Å². The van der Waals surface area contributed by atoms with Gasteiger partial charge in [-0.3, -0.25) is 0 Å². The van der Waals surface area contributed by atoms with Crippen LogP contribution in [0.5, 0.6) is 11.5 Å². The molecule has 0 aliphatic heterocycles. The van der Waals surface area contributed by atoms with Gasteiger partial charge in [-0.25, -0.2) is 0 Å². The monoisotopic (exact) mass is 201 g/mol. The van der Waals surface area contributed by atoms with E-state index in [1.54, 1.807) is 12.1 Å². The highest BCUT2D eigenvalue weighted by atomic mass is 16.5. The molecule has 0 aliphatic carbocycles. The fraction of sp³-hybridized carbons (Fsp3) is 0.0833. The number of ether oxygens (including phenoxy) is 1. The number of rotatable bonds is 2. The van der Waals surface area contributed by atoms with Crippen molar-refractivity contribution in [1.29, 1.82) is 0 Å². The molecule has 0 bridgehead atoms. The summed E-state index contributed by atoms with van der Waals surface area (Å²) in [6.07, 6.45) is 2.81. The van der Waals surface area contributed by atoms with Gasteiger partial charge < -0.3 is 9.94 Å². The lowest BCUT2D eigenvalue weighted by Gasteiger charge is -2.04. The van der Waals surface area contributed by atoms with Gasteiger partial charge >= 0.3 is 0 Å². The zero-order valence-corrected chi connectivity index (χ0v) is 8.38. The van der Waals surface area contributed by atoms with Crippen molar-refractivity contribution < 1.29 is 9.47 Å². The van der Waals surface area contributed by atoms with Gasteiger partial charge in [-0.2, -0.15) is 4.73 Å². The average Bonchev–Trinajstić information content (AvgIpc) is 2.22. The van der Waals surface area contributed by atoms with Crippen LogP contribution in [-0.2, 0) is 0 Å². The summed E-state index contributed by atoms with van der Waals surface area (Å²) in [5, 5.41) is 11.0. The zero-order chi connectivity index (χ0) is 10.7. The summed E-state index contributed by atoms with van der Waals surface area (Å²) < 4.78 is 6.21. The molecular formula is C12H11NO2. The normalized spacial score (nSPS) is 9.93. The van der Waals surface area contributed by atoms with E-state index in [1.165, 1.54) is 18.0 Å². The largest absolute Gasteiger partial charge is 0.619 e. The summed E-state index contributed by atoms with van der Waals surface area (Å²) in [7, 11) is 0. The first-order valence-electron chi connectivity index (χ1n) is 4.67. The first-order valence-corrected chi connectivity index (χ1v) is 4.67. The summed E-state index contributed by atoms with van der Waals surface area (Å²) in [5.41, 5.74) is 1.18. The predicted octanol–water partition coefficient (Wildman–Crippen LogP) is 2.42. The first kappa shape index (κ1) is 9.52. The molecule has 1 aromatic heterocycles. The Hall–Kier alpha value is -2.03. The smallest absolute Gasteiger partial charge is 0.223 e. The van der Waals surface area contributed by atoms with E-state index in [-0.39, 0.29) is 0 Å². The maximum absolute atomic E-state index is 11.0. The molecule has 3 nitrogen and oxygen atoms in total. The minimum absolute atomic E-state index is 0.538. The van der Waals surface area contributed by atoms with Crippen molar-refractivity contribution in [2.24, 2.45) is 0 Å². The summed E-state index contributed by atoms with van der Waals surface area (Å²) in [6.45, 7) is 2.01. The molecule has 0 N–H and O–H groups in total. The van der Waals surface area contributed by atoms with Crippen LogP contribution in [0.2, 0.25) is 0 Å². The molecule has 0 aliphatic rings. The molecule has 2 rings (SSSR count). The number of aryl methyl sites for hydroxylation is 1. The Labute approximate surface area is 88.1 Å². The molecule has 15 heavy (non-hydrogen) atoms. The molecule has 76 valence electrons. The molecule has 0 radical (unpaired) electrons. The number of hydrogen-bond donors (Lipinski definition) is 0. The van der Waals surface area contributed by atoms with Gasteiger partial charge in [-0.15, -0.1) is 0 Å². The van der Waals surface area contributed by atoms with Crippen LogP contribution < -0.4 is 9.47 Å². The van der Waals surface area contributed by atoms with Crippen molar-refractivity contribution in [3.8, 4) is 11.5 Å². The SMILES string of the molecule is Cc1ccc(Oc2ccc[n+]([O-])c2)cc1. The Kier molecular flexibility index (Phi) is 2.54. The highest BCUT2D eigenvalue weighted by molar-refractivity contribution is 5.30. The second kappa shape index (κ2) is 4.00. The molecule has 0 unspecified atom stereocenters. The molecule has 0 saturated heterocycles. The minimum atomic E-state index is 0.538. The lowest BCUT2D eigenvalue weighted by molar-refractivity contribution is -0.605. The molecule has 1 heterocycles. The Morgan fingerprint density at radius 1 is 1.07 bits per heavy atom. The van der Waals surface area contributed by atoms with Crippen LogP contribution in [-0.4, -0.2) is 0 Å². The van der Waals surface area contributed by atoms with Gasteiger partial charge in [0.1, 0.15) is 5.75 Å². The van der Waals surface area contributed by atoms with E-state index >= 15 is 0 Å². The minimum Gasteiger partial charge on any atom is -0.619 e. The molecule has 2 aromatic rings. The van der Waals surface area contributed by atoms with Gasteiger partial charge in [0.2, 0.25) is 6.20 Å². The molecule has 0 atom stereocenters. The summed E-state index contributed by atoms with van der Waals surface area (Å²) >= 11 is 0. The maximum Gasteiger partial charge on any atom is 0.223 e. The van der Waals surface area contributed by atoms with Crippen LogP contribution in [0.25, 0.3) is 0 Å². The molecule has 0 fully saturated rings. The number of benzene rings is 1. The van der Waals surface area contributed by atoms with Gasteiger partial charge in [-0.1, -0.05) is 17.7 Å². The van der Waals surface area contributed by atoms with Gasteiger partial charge in [0.05, 0.1) is 0 Å². The fourth-order valence-electron chi connectivity index (χ4n) is 1.24. The quantitative estimate of drug-likeness (QED) is 0.552. The van der Waals surface area contributed by atoms with E-state index in [0.717, 1.165) is 5.75 Å². The Morgan fingerprint density at radius 2 is 1.80 bits per heavy atom.